The molecule has 2 N–H and O–H groups in total. The quantitative estimate of drug-likeness (QED) is 0.582. The topological polar surface area (TPSA) is 26.0 Å². The first-order valence-corrected chi connectivity index (χ1v) is 3.62. The number of halogens is 1. The Hall–Kier alpha value is 0.690. The summed E-state index contributed by atoms with van der Waals surface area (Å²) >= 11 is 0. The minimum absolute atomic E-state index is 0. The molecule has 0 aromatic rings. The van der Waals surface area contributed by atoms with Gasteiger partial charge in [0.25, 0.3) is 0 Å². The Morgan fingerprint density at radius 3 is 2.00 bits per heavy atom. The monoisotopic (exact) mass is 243 g/mol. The zero-order valence-electron chi connectivity index (χ0n) is 6.23. The van der Waals surface area contributed by atoms with Crippen LogP contribution in [0.2, 0.25) is 0 Å². The third-order valence-corrected chi connectivity index (χ3v) is 1.31. The molecule has 0 spiro atoms. The summed E-state index contributed by atoms with van der Waals surface area (Å²) in [6, 6.07) is 0. The van der Waals surface area contributed by atoms with Crippen molar-refractivity contribution in [2.45, 2.75) is 39.0 Å². The zero-order chi connectivity index (χ0) is 6.24. The van der Waals surface area contributed by atoms with Crippen LogP contribution in [0.25, 0.3) is 0 Å². The van der Waals surface area contributed by atoms with Crippen molar-refractivity contribution in [1.82, 2.24) is 0 Å². The highest BCUT2D eigenvalue weighted by atomic mass is 127. The highest BCUT2D eigenvalue weighted by molar-refractivity contribution is 14.0. The van der Waals surface area contributed by atoms with Gasteiger partial charge in [0.15, 0.2) is 0 Å². The lowest BCUT2D eigenvalue weighted by Gasteiger charge is -1.93. The van der Waals surface area contributed by atoms with Crippen molar-refractivity contribution in [2.24, 2.45) is 5.73 Å². The van der Waals surface area contributed by atoms with Crippen LogP contribution < -0.4 is 5.73 Å². The maximum absolute atomic E-state index is 5.31. The molecule has 0 heterocycles. The molecule has 0 radical (unpaired) electrons. The molecule has 0 aromatic heterocycles. The van der Waals surface area contributed by atoms with Gasteiger partial charge < -0.3 is 5.73 Å². The molecular weight excluding hydrogens is 225 g/mol. The summed E-state index contributed by atoms with van der Waals surface area (Å²) in [5.41, 5.74) is 5.31. The van der Waals surface area contributed by atoms with E-state index in [9.17, 15) is 0 Å². The van der Waals surface area contributed by atoms with Crippen LogP contribution in [0.4, 0.5) is 0 Å². The summed E-state index contributed by atoms with van der Waals surface area (Å²) < 4.78 is 0. The van der Waals surface area contributed by atoms with Crippen LogP contribution in [0.5, 0.6) is 0 Å². The summed E-state index contributed by atoms with van der Waals surface area (Å²) in [7, 11) is 0. The van der Waals surface area contributed by atoms with Gasteiger partial charge in [0.2, 0.25) is 0 Å². The van der Waals surface area contributed by atoms with Crippen molar-refractivity contribution in [1.29, 1.82) is 0 Å². The van der Waals surface area contributed by atoms with Gasteiger partial charge in [-0.05, 0) is 13.0 Å². The second kappa shape index (κ2) is 11.5. The van der Waals surface area contributed by atoms with Gasteiger partial charge in [0.05, 0.1) is 0 Å². The van der Waals surface area contributed by atoms with Crippen LogP contribution in [0.3, 0.4) is 0 Å². The molecular formula is C7H18IN. The Balaban J connectivity index is 0. The summed E-state index contributed by atoms with van der Waals surface area (Å²) in [6.07, 6.45) is 6.60. The third kappa shape index (κ3) is 12.0. The van der Waals surface area contributed by atoms with E-state index in [1.807, 2.05) is 0 Å². The van der Waals surface area contributed by atoms with Gasteiger partial charge in [0.1, 0.15) is 0 Å². The maximum Gasteiger partial charge on any atom is -0.00773 e. The number of hydrogen-bond donors (Lipinski definition) is 1. The third-order valence-electron chi connectivity index (χ3n) is 1.31. The molecule has 0 amide bonds. The van der Waals surface area contributed by atoms with Crippen molar-refractivity contribution in [2.75, 3.05) is 6.54 Å². The Kier molecular flexibility index (Phi) is 15.8. The minimum atomic E-state index is 0. The molecule has 1 nitrogen and oxygen atoms in total. The van der Waals surface area contributed by atoms with Gasteiger partial charge in [-0.15, -0.1) is 24.0 Å². The molecule has 9 heavy (non-hydrogen) atoms. The normalized spacial score (nSPS) is 8.67. The minimum Gasteiger partial charge on any atom is -0.330 e. The first kappa shape index (κ1) is 12.4. The molecule has 0 aliphatic rings. The Morgan fingerprint density at radius 2 is 1.56 bits per heavy atom. The predicted octanol–water partition coefficient (Wildman–Crippen LogP) is 2.53. The average Bonchev–Trinajstić information content (AvgIpc) is 1.81. The fourth-order valence-electron chi connectivity index (χ4n) is 0.748. The first-order chi connectivity index (χ1) is 3.91. The van der Waals surface area contributed by atoms with E-state index in [1.54, 1.807) is 0 Å². The molecule has 58 valence electrons. The summed E-state index contributed by atoms with van der Waals surface area (Å²) in [4.78, 5) is 0. The van der Waals surface area contributed by atoms with E-state index in [1.165, 1.54) is 32.1 Å². The van der Waals surface area contributed by atoms with Crippen molar-refractivity contribution in [3.05, 3.63) is 0 Å². The number of nitrogens with two attached hydrogens (primary N) is 1. The predicted molar refractivity (Wildman–Crippen MR) is 53.2 cm³/mol. The second-order valence-electron chi connectivity index (χ2n) is 2.20. The van der Waals surface area contributed by atoms with Crippen LogP contribution >= 0.6 is 24.0 Å². The Morgan fingerprint density at radius 1 is 1.00 bits per heavy atom. The van der Waals surface area contributed by atoms with E-state index >= 15 is 0 Å². The van der Waals surface area contributed by atoms with Crippen LogP contribution in [-0.2, 0) is 0 Å². The van der Waals surface area contributed by atoms with E-state index in [-0.39, 0.29) is 24.0 Å². The average molecular weight is 243 g/mol. The van der Waals surface area contributed by atoms with Crippen molar-refractivity contribution < 1.29 is 0 Å². The molecule has 0 fully saturated rings. The molecule has 0 saturated heterocycles. The van der Waals surface area contributed by atoms with E-state index in [0.29, 0.717) is 0 Å². The largest absolute Gasteiger partial charge is 0.330 e. The van der Waals surface area contributed by atoms with Crippen molar-refractivity contribution in [3.8, 4) is 0 Å². The summed E-state index contributed by atoms with van der Waals surface area (Å²) in [5, 5.41) is 0. The summed E-state index contributed by atoms with van der Waals surface area (Å²) in [6.45, 7) is 3.09. The van der Waals surface area contributed by atoms with Crippen LogP contribution in [-0.4, -0.2) is 6.54 Å². The fraction of sp³-hybridized carbons (Fsp3) is 1.00. The lowest BCUT2D eigenvalue weighted by atomic mass is 10.2. The molecule has 0 aliphatic carbocycles. The van der Waals surface area contributed by atoms with Crippen LogP contribution in [0.15, 0.2) is 0 Å². The lowest BCUT2D eigenvalue weighted by Crippen LogP contribution is -1.97. The number of hydrogen-bond acceptors (Lipinski definition) is 1. The van der Waals surface area contributed by atoms with Crippen LogP contribution in [0, 0.1) is 0 Å². The molecule has 0 aliphatic heterocycles. The molecule has 0 rings (SSSR count). The van der Waals surface area contributed by atoms with Crippen LogP contribution in [0.1, 0.15) is 39.0 Å². The van der Waals surface area contributed by atoms with Gasteiger partial charge in [-0.25, -0.2) is 0 Å². The maximum atomic E-state index is 5.31. The van der Waals surface area contributed by atoms with Gasteiger partial charge in [-0.2, -0.15) is 0 Å². The standard InChI is InChI=1S/C7H17N.HI/c1-2-3-4-5-6-7-8;/h2-8H2,1H3;1H. The van der Waals surface area contributed by atoms with Gasteiger partial charge >= 0.3 is 0 Å². The van der Waals surface area contributed by atoms with Crippen molar-refractivity contribution >= 4 is 24.0 Å². The fourth-order valence-corrected chi connectivity index (χ4v) is 0.748. The molecule has 0 atom stereocenters. The Bertz CT molecular complexity index is 33.9. The highest BCUT2D eigenvalue weighted by Crippen LogP contribution is 2.00. The highest BCUT2D eigenvalue weighted by Gasteiger charge is 1.83. The van der Waals surface area contributed by atoms with Gasteiger partial charge in [-0.1, -0.05) is 32.6 Å². The zero-order valence-corrected chi connectivity index (χ0v) is 8.56. The van der Waals surface area contributed by atoms with E-state index in [4.69, 9.17) is 5.73 Å². The molecule has 0 bridgehead atoms. The SMILES string of the molecule is CCCCCCCN.I. The van der Waals surface area contributed by atoms with Gasteiger partial charge in [-0.3, -0.25) is 0 Å². The lowest BCUT2D eigenvalue weighted by molar-refractivity contribution is 0.638. The van der Waals surface area contributed by atoms with Gasteiger partial charge in [0, 0.05) is 0 Å². The van der Waals surface area contributed by atoms with E-state index in [0.717, 1.165) is 6.54 Å². The molecule has 0 saturated carbocycles. The summed E-state index contributed by atoms with van der Waals surface area (Å²) in [5.74, 6) is 0. The molecule has 0 aromatic carbocycles. The number of unbranched alkanes of at least 4 members (excludes halogenated alkanes) is 4. The number of rotatable bonds is 5. The van der Waals surface area contributed by atoms with Crippen molar-refractivity contribution in [3.63, 3.8) is 0 Å². The first-order valence-electron chi connectivity index (χ1n) is 3.62. The molecule has 0 unspecified atom stereocenters. The second-order valence-corrected chi connectivity index (χ2v) is 2.20. The van der Waals surface area contributed by atoms with E-state index < -0.39 is 0 Å². The molecule has 2 heteroatoms. The smallest absolute Gasteiger partial charge is 0.00773 e. The van der Waals surface area contributed by atoms with E-state index in [2.05, 4.69) is 6.92 Å². The Labute approximate surface area is 75.4 Å².